The van der Waals surface area contributed by atoms with E-state index >= 15 is 8.78 Å². The van der Waals surface area contributed by atoms with Gasteiger partial charge < -0.3 is 0 Å². The minimum Gasteiger partial charge on any atom is -0.247 e. The van der Waals surface area contributed by atoms with Crippen molar-refractivity contribution in [1.82, 2.24) is 15.0 Å². The second-order valence-corrected chi connectivity index (χ2v) is 11.6. The molecule has 0 bridgehead atoms. The lowest BCUT2D eigenvalue weighted by Crippen LogP contribution is -2.05. The Kier molecular flexibility index (Phi) is 7.43. The Morgan fingerprint density at radius 1 is 0.431 bits per heavy atom. The third-order valence-corrected chi connectivity index (χ3v) is 8.73. The van der Waals surface area contributed by atoms with E-state index in [1.54, 1.807) is 78.9 Å². The third-order valence-electron chi connectivity index (χ3n) is 8.73. The van der Waals surface area contributed by atoms with E-state index in [0.717, 1.165) is 0 Å². The molecule has 0 amide bonds. The number of nitriles is 2. The lowest BCUT2D eigenvalue weighted by atomic mass is 9.92. The number of halogens is 5. The first-order valence-corrected chi connectivity index (χ1v) is 15.4. The number of para-hydroxylation sites is 1. The molecule has 0 aliphatic carbocycles. The highest BCUT2D eigenvalue weighted by atomic mass is 19.2. The molecule has 242 valence electrons. The first kappa shape index (κ1) is 31.2. The second kappa shape index (κ2) is 12.1. The fourth-order valence-corrected chi connectivity index (χ4v) is 6.32. The fraction of sp³-hybridized carbons (Fsp3) is 0. The van der Waals surface area contributed by atoms with Crippen LogP contribution in [-0.4, -0.2) is 15.0 Å². The van der Waals surface area contributed by atoms with Crippen LogP contribution in [0.25, 0.3) is 77.6 Å². The molecule has 2 aromatic heterocycles. The Morgan fingerprint density at radius 3 is 1.55 bits per heavy atom. The van der Waals surface area contributed by atoms with Crippen LogP contribution in [0.2, 0.25) is 0 Å². The predicted molar refractivity (Wildman–Crippen MR) is 183 cm³/mol. The summed E-state index contributed by atoms with van der Waals surface area (Å²) in [5, 5.41) is 20.5. The molecule has 8 rings (SSSR count). The van der Waals surface area contributed by atoms with Gasteiger partial charge in [0.05, 0.1) is 62.5 Å². The standard InChI is InChI=1S/C41H18F5N5/c42-33-32(34(43)36(45)37(46)35(33)44)25-5-1-2-6-26(25)40-28-17-18-30-41(31(28)27-7-3-4-8-29(27)49-40)51-39(24-15-11-22(20-48)12-16-24)38(50-30)23-13-9-21(19-47)10-14-23/h1-18H. The molecule has 0 N–H and O–H groups in total. The van der Waals surface area contributed by atoms with E-state index in [0.29, 0.717) is 66.4 Å². The van der Waals surface area contributed by atoms with Gasteiger partial charge in [-0.25, -0.2) is 36.9 Å². The molecule has 0 aliphatic rings. The number of aromatic nitrogens is 3. The first-order valence-electron chi connectivity index (χ1n) is 15.4. The summed E-state index contributed by atoms with van der Waals surface area (Å²) in [6.45, 7) is 0. The van der Waals surface area contributed by atoms with Gasteiger partial charge in [-0.05, 0) is 48.0 Å². The summed E-state index contributed by atoms with van der Waals surface area (Å²) in [4.78, 5) is 15.1. The number of pyridine rings is 1. The first-order chi connectivity index (χ1) is 24.8. The molecule has 0 aliphatic heterocycles. The smallest absolute Gasteiger partial charge is 0.200 e. The number of benzene rings is 6. The number of hydrogen-bond donors (Lipinski definition) is 0. The van der Waals surface area contributed by atoms with Gasteiger partial charge in [-0.3, -0.25) is 0 Å². The highest BCUT2D eigenvalue weighted by molar-refractivity contribution is 6.21. The van der Waals surface area contributed by atoms with Crippen LogP contribution >= 0.6 is 0 Å². The van der Waals surface area contributed by atoms with Gasteiger partial charge in [-0.1, -0.05) is 66.7 Å². The van der Waals surface area contributed by atoms with Crippen molar-refractivity contribution >= 4 is 32.7 Å². The van der Waals surface area contributed by atoms with Gasteiger partial charge in [0.1, 0.15) is 0 Å². The maximum absolute atomic E-state index is 15.2. The lowest BCUT2D eigenvalue weighted by molar-refractivity contribution is 0.381. The maximum Gasteiger partial charge on any atom is 0.200 e. The van der Waals surface area contributed by atoms with E-state index in [-0.39, 0.29) is 16.8 Å². The van der Waals surface area contributed by atoms with Crippen LogP contribution in [0.1, 0.15) is 11.1 Å². The molecule has 0 unspecified atom stereocenters. The zero-order chi connectivity index (χ0) is 35.4. The van der Waals surface area contributed by atoms with Gasteiger partial charge >= 0.3 is 0 Å². The summed E-state index contributed by atoms with van der Waals surface area (Å²) in [5.41, 5.74) is 3.76. The van der Waals surface area contributed by atoms with Gasteiger partial charge in [0, 0.05) is 32.8 Å². The van der Waals surface area contributed by atoms with Crippen LogP contribution in [-0.2, 0) is 0 Å². The van der Waals surface area contributed by atoms with Crippen molar-refractivity contribution in [3.05, 3.63) is 149 Å². The molecule has 5 nitrogen and oxygen atoms in total. The molecular formula is C41H18F5N5. The fourth-order valence-electron chi connectivity index (χ4n) is 6.32. The Balaban J connectivity index is 1.47. The number of hydrogen-bond acceptors (Lipinski definition) is 5. The highest BCUT2D eigenvalue weighted by Crippen LogP contribution is 2.43. The van der Waals surface area contributed by atoms with Crippen molar-refractivity contribution in [2.75, 3.05) is 0 Å². The molecule has 0 saturated heterocycles. The third kappa shape index (κ3) is 5.01. The van der Waals surface area contributed by atoms with Crippen molar-refractivity contribution in [1.29, 1.82) is 10.5 Å². The van der Waals surface area contributed by atoms with Gasteiger partial charge in [-0.15, -0.1) is 0 Å². The average Bonchev–Trinajstić information content (AvgIpc) is 3.18. The lowest BCUT2D eigenvalue weighted by Gasteiger charge is -2.17. The monoisotopic (exact) mass is 675 g/mol. The molecule has 6 aromatic carbocycles. The number of fused-ring (bicyclic) bond motifs is 5. The SMILES string of the molecule is N#Cc1ccc(-c2nc3ccc4c(-c5ccccc5-c5c(F)c(F)c(F)c(F)c5F)nc5ccccc5c4c3nc2-c2ccc(C#N)cc2)cc1. The van der Waals surface area contributed by atoms with Crippen molar-refractivity contribution in [2.24, 2.45) is 0 Å². The minimum absolute atomic E-state index is 0.130. The molecule has 0 atom stereocenters. The van der Waals surface area contributed by atoms with E-state index in [4.69, 9.17) is 15.0 Å². The van der Waals surface area contributed by atoms with Gasteiger partial charge in [0.15, 0.2) is 23.3 Å². The number of rotatable bonds is 4. The van der Waals surface area contributed by atoms with Crippen molar-refractivity contribution in [3.63, 3.8) is 0 Å². The van der Waals surface area contributed by atoms with Crippen LogP contribution in [0.4, 0.5) is 22.0 Å². The number of nitrogens with zero attached hydrogens (tertiary/aromatic N) is 5. The topological polar surface area (TPSA) is 86.2 Å². The van der Waals surface area contributed by atoms with Crippen LogP contribution < -0.4 is 0 Å². The summed E-state index contributed by atoms with van der Waals surface area (Å²) in [7, 11) is 0. The van der Waals surface area contributed by atoms with E-state index in [2.05, 4.69) is 12.1 Å². The molecule has 51 heavy (non-hydrogen) atoms. The Hall–Kier alpha value is -7.04. The molecule has 0 saturated carbocycles. The van der Waals surface area contributed by atoms with E-state index < -0.39 is 34.6 Å². The van der Waals surface area contributed by atoms with Gasteiger partial charge in [-0.2, -0.15) is 10.5 Å². The van der Waals surface area contributed by atoms with Crippen LogP contribution in [0.3, 0.4) is 0 Å². The Bertz CT molecular complexity index is 2790. The van der Waals surface area contributed by atoms with Crippen molar-refractivity contribution < 1.29 is 22.0 Å². The summed E-state index contributed by atoms with van der Waals surface area (Å²) in [6, 6.07) is 34.4. The summed E-state index contributed by atoms with van der Waals surface area (Å²) in [5.74, 6) is -10.3. The molecule has 2 heterocycles. The molecule has 10 heteroatoms. The Labute approximate surface area is 286 Å². The van der Waals surface area contributed by atoms with Gasteiger partial charge in [0.2, 0.25) is 5.82 Å². The molecule has 0 radical (unpaired) electrons. The Morgan fingerprint density at radius 2 is 0.941 bits per heavy atom. The predicted octanol–water partition coefficient (Wildman–Crippen LogP) is 10.4. The van der Waals surface area contributed by atoms with Crippen LogP contribution in [0, 0.1) is 51.7 Å². The van der Waals surface area contributed by atoms with Crippen molar-refractivity contribution in [3.8, 4) is 57.0 Å². The normalized spacial score (nSPS) is 11.2. The maximum atomic E-state index is 15.2. The van der Waals surface area contributed by atoms with Crippen LogP contribution in [0.5, 0.6) is 0 Å². The van der Waals surface area contributed by atoms with E-state index in [1.807, 2.05) is 12.1 Å². The van der Waals surface area contributed by atoms with E-state index in [1.165, 1.54) is 18.2 Å². The molecule has 0 spiro atoms. The molecule has 0 fully saturated rings. The summed E-state index contributed by atoms with van der Waals surface area (Å²) >= 11 is 0. The van der Waals surface area contributed by atoms with Gasteiger partial charge in [0.25, 0.3) is 0 Å². The van der Waals surface area contributed by atoms with Crippen LogP contribution in [0.15, 0.2) is 109 Å². The van der Waals surface area contributed by atoms with Crippen molar-refractivity contribution in [2.45, 2.75) is 0 Å². The summed E-state index contributed by atoms with van der Waals surface area (Å²) in [6.07, 6.45) is 0. The quantitative estimate of drug-likeness (QED) is 0.0802. The zero-order valence-corrected chi connectivity index (χ0v) is 26.0. The molecular weight excluding hydrogens is 657 g/mol. The molecule has 8 aromatic rings. The zero-order valence-electron chi connectivity index (χ0n) is 26.0. The minimum atomic E-state index is -2.25. The highest BCUT2D eigenvalue weighted by Gasteiger charge is 2.29. The largest absolute Gasteiger partial charge is 0.247 e. The average molecular weight is 676 g/mol. The van der Waals surface area contributed by atoms with E-state index in [9.17, 15) is 23.7 Å². The summed E-state index contributed by atoms with van der Waals surface area (Å²) < 4.78 is 73.4. The second-order valence-electron chi connectivity index (χ2n) is 11.6.